The van der Waals surface area contributed by atoms with E-state index >= 15 is 0 Å². The standard InChI is InChI=1S/C33H25Cl2N3OS/c1-19-17-23(20(2)37(19)26-14-12-25(35)13-15-26)18-29-32(39)38-31(22-7-10-24(34)11-8-22)28-16-9-21-5-3-4-6-27(21)30(28)36-33(38)40-29/h3-8,10-15,17-18,31H,9,16H2,1-2H3/b29-18+/t31-/m1/s1. The summed E-state index contributed by atoms with van der Waals surface area (Å²) in [4.78, 5) is 20.0. The first-order valence-electron chi connectivity index (χ1n) is 13.2. The van der Waals surface area contributed by atoms with Crippen LogP contribution in [-0.2, 0) is 6.42 Å². The van der Waals surface area contributed by atoms with Gasteiger partial charge in [-0.1, -0.05) is 70.9 Å². The van der Waals surface area contributed by atoms with E-state index in [4.69, 9.17) is 28.2 Å². The number of fused-ring (bicyclic) bond motifs is 3. The fraction of sp³-hybridized carbons (Fsp3) is 0.152. The summed E-state index contributed by atoms with van der Waals surface area (Å²) in [6, 6.07) is 26.0. The average molecular weight is 583 g/mol. The molecule has 1 aliphatic heterocycles. The summed E-state index contributed by atoms with van der Waals surface area (Å²) in [6.07, 6.45) is 3.79. The van der Waals surface area contributed by atoms with Crippen LogP contribution >= 0.6 is 34.5 Å². The Morgan fingerprint density at radius 2 is 1.62 bits per heavy atom. The molecule has 3 heterocycles. The zero-order valence-electron chi connectivity index (χ0n) is 22.0. The van der Waals surface area contributed by atoms with Crippen molar-refractivity contribution in [2.45, 2.75) is 32.7 Å². The van der Waals surface area contributed by atoms with Crippen molar-refractivity contribution in [2.75, 3.05) is 0 Å². The number of thiazole rings is 1. The number of nitrogens with zero attached hydrogens (tertiary/aromatic N) is 3. The molecule has 0 saturated carbocycles. The number of hydrogen-bond acceptors (Lipinski definition) is 3. The van der Waals surface area contributed by atoms with E-state index in [-0.39, 0.29) is 11.6 Å². The molecule has 2 aromatic heterocycles. The van der Waals surface area contributed by atoms with Gasteiger partial charge in [-0.15, -0.1) is 0 Å². The van der Waals surface area contributed by atoms with Crippen molar-refractivity contribution in [1.82, 2.24) is 9.13 Å². The van der Waals surface area contributed by atoms with Crippen LogP contribution in [0.2, 0.25) is 10.0 Å². The van der Waals surface area contributed by atoms with Crippen LogP contribution in [0.25, 0.3) is 17.5 Å². The summed E-state index contributed by atoms with van der Waals surface area (Å²) in [6.45, 7) is 4.16. The molecule has 1 atom stereocenters. The molecule has 40 heavy (non-hydrogen) atoms. The van der Waals surface area contributed by atoms with Crippen LogP contribution in [0.5, 0.6) is 0 Å². The second-order valence-corrected chi connectivity index (χ2v) is 12.2. The van der Waals surface area contributed by atoms with Gasteiger partial charge in [0.2, 0.25) is 0 Å². The van der Waals surface area contributed by atoms with Crippen LogP contribution in [0.1, 0.15) is 46.1 Å². The molecule has 7 heteroatoms. The number of halogens is 2. The maximum atomic E-state index is 14.1. The molecular weight excluding hydrogens is 557 g/mol. The van der Waals surface area contributed by atoms with Gasteiger partial charge in [-0.3, -0.25) is 9.36 Å². The fourth-order valence-corrected chi connectivity index (χ4v) is 7.27. The predicted octanol–water partition coefficient (Wildman–Crippen LogP) is 7.03. The molecule has 0 spiro atoms. The number of hydrogen-bond donors (Lipinski definition) is 0. The molecule has 7 rings (SSSR count). The van der Waals surface area contributed by atoms with Crippen LogP contribution < -0.4 is 14.9 Å². The first kappa shape index (κ1) is 25.3. The number of aromatic nitrogens is 2. The average Bonchev–Trinajstić information content (AvgIpc) is 3.42. The van der Waals surface area contributed by atoms with Crippen molar-refractivity contribution >= 4 is 46.3 Å². The van der Waals surface area contributed by atoms with E-state index < -0.39 is 0 Å². The van der Waals surface area contributed by atoms with Crippen molar-refractivity contribution in [3.63, 3.8) is 0 Å². The summed E-state index contributed by atoms with van der Waals surface area (Å²) >= 11 is 13.8. The van der Waals surface area contributed by atoms with Gasteiger partial charge in [0.25, 0.3) is 5.56 Å². The van der Waals surface area contributed by atoms with Crippen molar-refractivity contribution in [3.05, 3.63) is 148 Å². The third-order valence-electron chi connectivity index (χ3n) is 7.90. The Bertz CT molecular complexity index is 2010. The van der Waals surface area contributed by atoms with Gasteiger partial charge >= 0.3 is 0 Å². The van der Waals surface area contributed by atoms with Crippen LogP contribution in [0.4, 0.5) is 0 Å². The van der Waals surface area contributed by atoms with Gasteiger partial charge < -0.3 is 4.57 Å². The zero-order chi connectivity index (χ0) is 27.5. The van der Waals surface area contributed by atoms with Crippen LogP contribution in [-0.4, -0.2) is 9.13 Å². The topological polar surface area (TPSA) is 39.3 Å². The predicted molar refractivity (Wildman–Crippen MR) is 164 cm³/mol. The van der Waals surface area contributed by atoms with Gasteiger partial charge in [0.1, 0.15) is 0 Å². The van der Waals surface area contributed by atoms with Crippen molar-refractivity contribution in [2.24, 2.45) is 4.99 Å². The van der Waals surface area contributed by atoms with Crippen molar-refractivity contribution in [1.29, 1.82) is 0 Å². The van der Waals surface area contributed by atoms with E-state index in [0.29, 0.717) is 14.6 Å². The number of rotatable bonds is 3. The summed E-state index contributed by atoms with van der Waals surface area (Å²) < 4.78 is 4.73. The smallest absolute Gasteiger partial charge is 0.271 e. The molecule has 0 saturated heterocycles. The molecule has 0 amide bonds. The molecule has 0 radical (unpaired) electrons. The minimum atomic E-state index is -0.222. The quantitative estimate of drug-likeness (QED) is 0.225. The lowest BCUT2D eigenvalue weighted by Crippen LogP contribution is -2.38. The molecule has 0 fully saturated rings. The zero-order valence-corrected chi connectivity index (χ0v) is 24.3. The Balaban J connectivity index is 1.43. The highest BCUT2D eigenvalue weighted by atomic mass is 35.5. The number of benzene rings is 3. The Hall–Kier alpha value is -3.64. The monoisotopic (exact) mass is 581 g/mol. The highest BCUT2D eigenvalue weighted by Crippen LogP contribution is 2.41. The Labute approximate surface area is 245 Å². The summed E-state index contributed by atoms with van der Waals surface area (Å²) in [5.74, 6) is 0. The third kappa shape index (κ3) is 4.12. The van der Waals surface area contributed by atoms with Crippen LogP contribution in [0, 0.1) is 13.8 Å². The van der Waals surface area contributed by atoms with Crippen LogP contribution in [0.15, 0.2) is 94.2 Å². The van der Waals surface area contributed by atoms with Gasteiger partial charge in [0.05, 0.1) is 16.3 Å². The molecule has 4 nitrogen and oxygen atoms in total. The number of aryl methyl sites for hydroxylation is 2. The van der Waals surface area contributed by atoms with E-state index in [1.54, 1.807) is 0 Å². The third-order valence-corrected chi connectivity index (χ3v) is 9.39. The largest absolute Gasteiger partial charge is 0.318 e. The van der Waals surface area contributed by atoms with Gasteiger partial charge in [-0.2, -0.15) is 0 Å². The first-order valence-corrected chi connectivity index (χ1v) is 14.8. The first-order chi connectivity index (χ1) is 19.4. The summed E-state index contributed by atoms with van der Waals surface area (Å²) in [5.41, 5.74) is 9.85. The second-order valence-electron chi connectivity index (χ2n) is 10.3. The summed E-state index contributed by atoms with van der Waals surface area (Å²) in [5, 5.41) is 1.38. The molecule has 1 aliphatic carbocycles. The van der Waals surface area contributed by atoms with E-state index in [9.17, 15) is 4.79 Å². The molecule has 3 aromatic carbocycles. The van der Waals surface area contributed by atoms with Gasteiger partial charge in [-0.05, 0) is 97.5 Å². The molecular formula is C33H25Cl2N3OS. The highest BCUT2D eigenvalue weighted by Gasteiger charge is 2.32. The minimum Gasteiger partial charge on any atom is -0.318 e. The SMILES string of the molecule is Cc1cc(/C=c2/sc3n(c2=O)[C@H](c2ccc(Cl)cc2)C2=C(N=3)c3ccccc3CC2)c(C)n1-c1ccc(Cl)cc1. The lowest BCUT2D eigenvalue weighted by molar-refractivity contribution is 0.585. The highest BCUT2D eigenvalue weighted by molar-refractivity contribution is 7.07. The maximum absolute atomic E-state index is 14.1. The molecule has 0 unspecified atom stereocenters. The van der Waals surface area contributed by atoms with Gasteiger partial charge in [0, 0.05) is 32.7 Å². The van der Waals surface area contributed by atoms with E-state index in [1.165, 1.54) is 22.5 Å². The van der Waals surface area contributed by atoms with Gasteiger partial charge in [0.15, 0.2) is 4.80 Å². The van der Waals surface area contributed by atoms with Crippen molar-refractivity contribution in [3.8, 4) is 5.69 Å². The molecule has 0 bridgehead atoms. The maximum Gasteiger partial charge on any atom is 0.271 e. The Morgan fingerprint density at radius 1 is 0.925 bits per heavy atom. The molecule has 198 valence electrons. The van der Waals surface area contributed by atoms with Crippen LogP contribution in [0.3, 0.4) is 0 Å². The normalized spacial score (nSPS) is 16.4. The summed E-state index contributed by atoms with van der Waals surface area (Å²) in [7, 11) is 0. The van der Waals surface area contributed by atoms with Gasteiger partial charge in [-0.25, -0.2) is 4.99 Å². The second kappa shape index (κ2) is 9.77. The van der Waals surface area contributed by atoms with E-state index in [1.807, 2.05) is 59.2 Å². The minimum absolute atomic E-state index is 0.0228. The molecule has 0 N–H and O–H groups in total. The molecule has 2 aliphatic rings. The fourth-order valence-electron chi connectivity index (χ4n) is 6.03. The number of allylic oxidation sites excluding steroid dienone is 1. The lowest BCUT2D eigenvalue weighted by atomic mass is 9.83. The molecule has 5 aromatic rings. The van der Waals surface area contributed by atoms with E-state index in [0.717, 1.165) is 57.1 Å². The lowest BCUT2D eigenvalue weighted by Gasteiger charge is -2.30. The Morgan fingerprint density at radius 3 is 2.38 bits per heavy atom. The van der Waals surface area contributed by atoms with E-state index in [2.05, 4.69) is 48.7 Å². The van der Waals surface area contributed by atoms with Crippen molar-refractivity contribution < 1.29 is 0 Å². The Kier molecular flexibility index (Phi) is 6.19.